The van der Waals surface area contributed by atoms with Crippen LogP contribution in [0.5, 0.6) is 5.75 Å². The molecule has 0 spiro atoms. The summed E-state index contributed by atoms with van der Waals surface area (Å²) in [5.41, 5.74) is 1.61. The highest BCUT2D eigenvalue weighted by molar-refractivity contribution is 5.96. The van der Waals surface area contributed by atoms with E-state index in [1.165, 1.54) is 6.26 Å². The van der Waals surface area contributed by atoms with Crippen molar-refractivity contribution in [2.24, 2.45) is 5.92 Å². The lowest BCUT2D eigenvalue weighted by molar-refractivity contribution is -0.158. The second-order valence-electron chi connectivity index (χ2n) is 10.9. The van der Waals surface area contributed by atoms with E-state index >= 15 is 0 Å². The van der Waals surface area contributed by atoms with Crippen molar-refractivity contribution < 1.29 is 42.9 Å². The fourth-order valence-corrected chi connectivity index (χ4v) is 5.20. The first-order valence-electron chi connectivity index (χ1n) is 14.9. The number of benzene rings is 3. The summed E-state index contributed by atoms with van der Waals surface area (Å²) in [5, 5.41) is 2.54. The minimum Gasteiger partial charge on any atom is -0.493 e. The molecule has 0 saturated heterocycles. The molecule has 4 atom stereocenters. The van der Waals surface area contributed by atoms with Gasteiger partial charge in [-0.15, -0.1) is 0 Å². The number of nitrogens with one attached hydrogen (secondary N) is 1. The van der Waals surface area contributed by atoms with Crippen LogP contribution in [0.4, 0.5) is 4.79 Å². The van der Waals surface area contributed by atoms with E-state index < -0.39 is 42.2 Å². The number of allylic oxidation sites excluding steroid dienone is 1. The fraction of sp³-hybridized carbons (Fsp3) is 0.314. The Balaban J connectivity index is 1.16. The molecular weight excluding hydrogens is 578 g/mol. The molecule has 10 nitrogen and oxygen atoms in total. The van der Waals surface area contributed by atoms with E-state index in [2.05, 4.69) is 5.32 Å². The zero-order chi connectivity index (χ0) is 31.4. The highest BCUT2D eigenvalue weighted by Crippen LogP contribution is 2.35. The number of carbonyl (C=O) groups is 4. The van der Waals surface area contributed by atoms with Crippen LogP contribution in [0.15, 0.2) is 103 Å². The number of alkyl carbamates (subject to hydrolysis) is 1. The first kappa shape index (κ1) is 31.3. The van der Waals surface area contributed by atoms with Crippen molar-refractivity contribution in [1.29, 1.82) is 0 Å². The monoisotopic (exact) mass is 613 g/mol. The van der Waals surface area contributed by atoms with Gasteiger partial charge in [0, 0.05) is 12.8 Å². The Morgan fingerprint density at radius 2 is 1.44 bits per heavy atom. The Bertz CT molecular complexity index is 1480. The first-order valence-corrected chi connectivity index (χ1v) is 14.9. The van der Waals surface area contributed by atoms with Crippen LogP contribution in [0.25, 0.3) is 0 Å². The molecule has 2 aliphatic rings. The Hall–Kier alpha value is -5.12. The number of fused-ring (bicyclic) bond motifs is 1. The molecule has 234 valence electrons. The van der Waals surface area contributed by atoms with Crippen molar-refractivity contribution in [1.82, 2.24) is 5.32 Å². The molecule has 1 fully saturated rings. The third-order valence-electron chi connectivity index (χ3n) is 7.60. The van der Waals surface area contributed by atoms with Gasteiger partial charge in [-0.25, -0.2) is 9.59 Å². The summed E-state index contributed by atoms with van der Waals surface area (Å²) in [6.45, 7) is 0.103. The van der Waals surface area contributed by atoms with Gasteiger partial charge in [-0.3, -0.25) is 9.59 Å². The number of amides is 1. The predicted octanol–water partition coefficient (Wildman–Crippen LogP) is 5.41. The van der Waals surface area contributed by atoms with Crippen LogP contribution in [0.3, 0.4) is 0 Å². The van der Waals surface area contributed by atoms with E-state index in [-0.39, 0.29) is 37.6 Å². The van der Waals surface area contributed by atoms with Gasteiger partial charge < -0.3 is 29.0 Å². The molecule has 0 aromatic heterocycles. The summed E-state index contributed by atoms with van der Waals surface area (Å²) in [7, 11) is 0. The van der Waals surface area contributed by atoms with Crippen LogP contribution in [0.1, 0.15) is 43.2 Å². The van der Waals surface area contributed by atoms with Gasteiger partial charge in [0.15, 0.2) is 0 Å². The van der Waals surface area contributed by atoms with Crippen LogP contribution >= 0.6 is 0 Å². The average molecular weight is 614 g/mol. The molecule has 0 bridgehead atoms. The zero-order valence-electron chi connectivity index (χ0n) is 24.7. The van der Waals surface area contributed by atoms with Gasteiger partial charge in [0.25, 0.3) is 0 Å². The normalized spacial score (nSPS) is 19.5. The lowest BCUT2D eigenvalue weighted by atomic mass is 9.80. The van der Waals surface area contributed by atoms with Gasteiger partial charge in [0.2, 0.25) is 11.5 Å². The standard InChI is InChI=1S/C35H35NO9/c37-32(42-21-24-10-4-1-5-11-24)19-18-29(36-35(40)43-22-25-12-6-2-7-13-25)34(39)45-27-16-17-28-30(20-27)41-23-31(33(28)38)44-26-14-8-3-9-15-26/h1-15,23,27-30H,16-22H2,(H,36,40). The average Bonchev–Trinajstić information content (AvgIpc) is 3.07. The largest absolute Gasteiger partial charge is 0.493 e. The molecule has 5 rings (SSSR count). The number of ketones is 1. The Morgan fingerprint density at radius 3 is 2.11 bits per heavy atom. The highest BCUT2D eigenvalue weighted by atomic mass is 16.6. The number of rotatable bonds is 12. The van der Waals surface area contributed by atoms with E-state index in [0.29, 0.717) is 25.0 Å². The molecule has 4 unspecified atom stereocenters. The van der Waals surface area contributed by atoms with E-state index in [9.17, 15) is 19.2 Å². The van der Waals surface area contributed by atoms with E-state index in [1.54, 1.807) is 12.1 Å². The molecule has 1 aliphatic carbocycles. The van der Waals surface area contributed by atoms with Crippen molar-refractivity contribution in [2.75, 3.05) is 0 Å². The molecule has 1 heterocycles. The Morgan fingerprint density at radius 1 is 0.822 bits per heavy atom. The molecule has 1 N–H and O–H groups in total. The number of hydrogen-bond acceptors (Lipinski definition) is 9. The van der Waals surface area contributed by atoms with Crippen molar-refractivity contribution in [3.05, 3.63) is 114 Å². The smallest absolute Gasteiger partial charge is 0.408 e. The molecule has 3 aromatic carbocycles. The molecule has 1 amide bonds. The van der Waals surface area contributed by atoms with Crippen molar-refractivity contribution in [3.8, 4) is 5.75 Å². The maximum absolute atomic E-state index is 13.3. The minimum atomic E-state index is -1.16. The van der Waals surface area contributed by atoms with Crippen LogP contribution in [-0.4, -0.2) is 42.1 Å². The van der Waals surface area contributed by atoms with Crippen LogP contribution in [0.2, 0.25) is 0 Å². The molecule has 1 aliphatic heterocycles. The van der Waals surface area contributed by atoms with Gasteiger partial charge in [-0.1, -0.05) is 78.9 Å². The molecule has 1 saturated carbocycles. The maximum Gasteiger partial charge on any atom is 0.408 e. The lowest BCUT2D eigenvalue weighted by Crippen LogP contribution is -2.46. The number of esters is 2. The maximum atomic E-state index is 13.3. The van der Waals surface area contributed by atoms with Gasteiger partial charge in [-0.05, 0) is 42.5 Å². The van der Waals surface area contributed by atoms with E-state index in [0.717, 1.165) is 11.1 Å². The number of para-hydroxylation sites is 1. The quantitative estimate of drug-likeness (QED) is 0.211. The van der Waals surface area contributed by atoms with Crippen molar-refractivity contribution >= 4 is 23.8 Å². The highest BCUT2D eigenvalue weighted by Gasteiger charge is 2.42. The summed E-state index contributed by atoms with van der Waals surface area (Å²) in [4.78, 5) is 51.5. The summed E-state index contributed by atoms with van der Waals surface area (Å²) in [6.07, 6.45) is 0.423. The fourth-order valence-electron chi connectivity index (χ4n) is 5.20. The SMILES string of the molecule is O=C(CCC(NC(=O)OCc1ccccc1)C(=O)OC1CCC2C(=O)C(Oc3ccccc3)=COC2C1)OCc1ccccc1. The second kappa shape index (κ2) is 15.6. The molecule has 3 aromatic rings. The summed E-state index contributed by atoms with van der Waals surface area (Å²) < 4.78 is 28.0. The second-order valence-corrected chi connectivity index (χ2v) is 10.9. The number of hydrogen-bond donors (Lipinski definition) is 1. The lowest BCUT2D eigenvalue weighted by Gasteiger charge is -2.37. The third-order valence-corrected chi connectivity index (χ3v) is 7.60. The molecule has 45 heavy (non-hydrogen) atoms. The number of Topliss-reactive ketones (excluding diaryl/α,β-unsaturated/α-hetero) is 1. The van der Waals surface area contributed by atoms with Gasteiger partial charge >= 0.3 is 18.0 Å². The molecule has 10 heteroatoms. The summed E-state index contributed by atoms with van der Waals surface area (Å²) in [6, 6.07) is 26.2. The first-order chi connectivity index (χ1) is 21.9. The number of carbonyl (C=O) groups excluding carboxylic acids is 4. The van der Waals surface area contributed by atoms with Gasteiger partial charge in [0.05, 0.1) is 5.92 Å². The van der Waals surface area contributed by atoms with E-state index in [4.69, 9.17) is 23.7 Å². The summed E-state index contributed by atoms with van der Waals surface area (Å²) in [5.74, 6) is -1.15. The van der Waals surface area contributed by atoms with Crippen LogP contribution in [-0.2, 0) is 46.5 Å². The summed E-state index contributed by atoms with van der Waals surface area (Å²) >= 11 is 0. The van der Waals surface area contributed by atoms with Crippen LogP contribution in [0, 0.1) is 5.92 Å². The zero-order valence-corrected chi connectivity index (χ0v) is 24.7. The van der Waals surface area contributed by atoms with E-state index in [1.807, 2.05) is 78.9 Å². The van der Waals surface area contributed by atoms with Gasteiger partial charge in [0.1, 0.15) is 43.5 Å². The predicted molar refractivity (Wildman–Crippen MR) is 161 cm³/mol. The Kier molecular flexibility index (Phi) is 10.8. The minimum absolute atomic E-state index is 0.00805. The van der Waals surface area contributed by atoms with Crippen molar-refractivity contribution in [3.63, 3.8) is 0 Å². The third kappa shape index (κ3) is 9.18. The van der Waals surface area contributed by atoms with Gasteiger partial charge in [-0.2, -0.15) is 0 Å². The molecular formula is C35H35NO9. The topological polar surface area (TPSA) is 126 Å². The van der Waals surface area contributed by atoms with Crippen molar-refractivity contribution in [2.45, 2.75) is 63.6 Å². The number of ether oxygens (including phenoxy) is 5. The molecule has 0 radical (unpaired) electrons. The Labute approximate surface area is 261 Å². The van der Waals surface area contributed by atoms with Crippen LogP contribution < -0.4 is 10.1 Å².